The second kappa shape index (κ2) is 7.34. The number of aliphatic hydroxyl groups excluding tert-OH is 1. The maximum absolute atomic E-state index is 12.5. The number of aliphatic hydroxyl groups is 2. The molecule has 1 saturated heterocycles. The third kappa shape index (κ3) is 5.44. The highest BCUT2D eigenvalue weighted by atomic mass is 16.6. The lowest BCUT2D eigenvalue weighted by Crippen LogP contribution is -2.42. The van der Waals surface area contributed by atoms with Gasteiger partial charge in [-0.15, -0.1) is 0 Å². The van der Waals surface area contributed by atoms with Gasteiger partial charge < -0.3 is 19.8 Å². The topological polar surface area (TPSA) is 70.0 Å². The summed E-state index contributed by atoms with van der Waals surface area (Å²) in [4.78, 5) is 14.1. The van der Waals surface area contributed by atoms with E-state index in [1.165, 1.54) is 0 Å². The van der Waals surface area contributed by atoms with E-state index in [4.69, 9.17) is 4.74 Å². The summed E-state index contributed by atoms with van der Waals surface area (Å²) in [5, 5.41) is 21.1. The third-order valence-electron chi connectivity index (χ3n) is 4.29. The Bertz CT molecular complexity index is 600. The maximum atomic E-state index is 12.5. The predicted octanol–water partition coefficient (Wildman–Crippen LogP) is 3.43. The molecule has 5 heteroatoms. The number of ether oxygens (including phenoxy) is 1. The number of amides is 1. The van der Waals surface area contributed by atoms with E-state index in [2.05, 4.69) is 0 Å². The number of carbonyl (C=O) groups excluding carboxylic acids is 1. The molecule has 0 aliphatic carbocycles. The highest BCUT2D eigenvalue weighted by Gasteiger charge is 2.37. The van der Waals surface area contributed by atoms with Crippen LogP contribution in [-0.4, -0.2) is 45.0 Å². The molecule has 2 unspecified atom stereocenters. The fraction of sp³-hybridized carbons (Fsp3) is 0.650. The number of rotatable bonds is 4. The van der Waals surface area contributed by atoms with Gasteiger partial charge in [0.25, 0.3) is 0 Å². The Kier molecular flexibility index (Phi) is 5.79. The molecule has 0 saturated carbocycles. The fourth-order valence-electron chi connectivity index (χ4n) is 3.33. The summed E-state index contributed by atoms with van der Waals surface area (Å²) < 4.78 is 5.48. The first-order valence-electron chi connectivity index (χ1n) is 8.96. The van der Waals surface area contributed by atoms with Crippen molar-refractivity contribution in [2.24, 2.45) is 0 Å². The number of hydrogen-bond acceptors (Lipinski definition) is 4. The molecule has 2 atom stereocenters. The van der Waals surface area contributed by atoms with Crippen molar-refractivity contribution in [2.45, 2.75) is 77.2 Å². The Morgan fingerprint density at radius 2 is 1.92 bits per heavy atom. The Morgan fingerprint density at radius 3 is 2.52 bits per heavy atom. The minimum absolute atomic E-state index is 0.308. The number of likely N-dealkylation sites (tertiary alicyclic amines) is 1. The van der Waals surface area contributed by atoms with Crippen LogP contribution in [0.3, 0.4) is 0 Å². The molecule has 0 radical (unpaired) electrons. The van der Waals surface area contributed by atoms with Gasteiger partial charge in [-0.2, -0.15) is 0 Å². The van der Waals surface area contributed by atoms with Crippen LogP contribution in [0.15, 0.2) is 24.3 Å². The lowest BCUT2D eigenvalue weighted by Gasteiger charge is -2.32. The van der Waals surface area contributed by atoms with Crippen LogP contribution in [0.2, 0.25) is 0 Å². The van der Waals surface area contributed by atoms with Crippen LogP contribution in [0, 0.1) is 0 Å². The highest BCUT2D eigenvalue weighted by molar-refractivity contribution is 5.69. The first-order valence-corrected chi connectivity index (χ1v) is 8.96. The van der Waals surface area contributed by atoms with Crippen molar-refractivity contribution in [3.8, 4) is 0 Å². The van der Waals surface area contributed by atoms with E-state index < -0.39 is 17.3 Å². The van der Waals surface area contributed by atoms with E-state index in [1.807, 2.05) is 45.0 Å². The predicted molar refractivity (Wildman–Crippen MR) is 97.4 cm³/mol. The van der Waals surface area contributed by atoms with Gasteiger partial charge in [-0.1, -0.05) is 24.3 Å². The minimum Gasteiger partial charge on any atom is -0.444 e. The molecule has 1 aliphatic heterocycles. The SMILES string of the molecule is CC(C)(O)Cc1ccccc1C(O)C1CCCN1C(=O)OC(C)(C)C. The highest BCUT2D eigenvalue weighted by Crippen LogP contribution is 2.33. The van der Waals surface area contributed by atoms with Gasteiger partial charge in [-0.25, -0.2) is 4.79 Å². The zero-order valence-corrected chi connectivity index (χ0v) is 16.0. The Labute approximate surface area is 150 Å². The van der Waals surface area contributed by atoms with Crippen LogP contribution >= 0.6 is 0 Å². The van der Waals surface area contributed by atoms with Crippen molar-refractivity contribution in [3.05, 3.63) is 35.4 Å². The Balaban J connectivity index is 2.22. The fourth-order valence-corrected chi connectivity index (χ4v) is 3.33. The zero-order chi connectivity index (χ0) is 18.8. The number of hydrogen-bond donors (Lipinski definition) is 2. The zero-order valence-electron chi connectivity index (χ0n) is 16.0. The average molecular weight is 349 g/mol. The smallest absolute Gasteiger partial charge is 0.410 e. The third-order valence-corrected chi connectivity index (χ3v) is 4.29. The van der Waals surface area contributed by atoms with Gasteiger partial charge in [0, 0.05) is 13.0 Å². The molecule has 1 fully saturated rings. The van der Waals surface area contributed by atoms with E-state index in [0.717, 1.165) is 24.0 Å². The molecule has 0 spiro atoms. The molecule has 0 bridgehead atoms. The van der Waals surface area contributed by atoms with Gasteiger partial charge in [-0.05, 0) is 58.6 Å². The molecule has 1 aromatic carbocycles. The Morgan fingerprint density at radius 1 is 1.28 bits per heavy atom. The monoisotopic (exact) mass is 349 g/mol. The van der Waals surface area contributed by atoms with Crippen molar-refractivity contribution in [1.82, 2.24) is 4.90 Å². The van der Waals surface area contributed by atoms with E-state index in [1.54, 1.807) is 18.7 Å². The first-order chi connectivity index (χ1) is 11.5. The molecule has 25 heavy (non-hydrogen) atoms. The summed E-state index contributed by atoms with van der Waals surface area (Å²) >= 11 is 0. The van der Waals surface area contributed by atoms with Crippen LogP contribution < -0.4 is 0 Å². The van der Waals surface area contributed by atoms with Gasteiger partial charge in [0.2, 0.25) is 0 Å². The van der Waals surface area contributed by atoms with Crippen LogP contribution in [-0.2, 0) is 11.2 Å². The largest absolute Gasteiger partial charge is 0.444 e. The molecule has 0 aromatic heterocycles. The van der Waals surface area contributed by atoms with Crippen LogP contribution in [0.1, 0.15) is 64.7 Å². The summed E-state index contributed by atoms with van der Waals surface area (Å²) in [6.07, 6.45) is 0.841. The summed E-state index contributed by atoms with van der Waals surface area (Å²) in [6, 6.07) is 7.26. The van der Waals surface area contributed by atoms with Crippen molar-refractivity contribution < 1.29 is 19.7 Å². The maximum Gasteiger partial charge on any atom is 0.410 e. The number of carbonyl (C=O) groups is 1. The van der Waals surface area contributed by atoms with Crippen molar-refractivity contribution in [1.29, 1.82) is 0 Å². The molecular formula is C20H31NO4. The van der Waals surface area contributed by atoms with Crippen molar-refractivity contribution in [3.63, 3.8) is 0 Å². The normalized spacial score (nSPS) is 19.8. The summed E-state index contributed by atoms with van der Waals surface area (Å²) in [5.74, 6) is 0. The summed E-state index contributed by atoms with van der Waals surface area (Å²) in [5.41, 5.74) is 0.244. The average Bonchev–Trinajstić information content (AvgIpc) is 2.93. The molecule has 1 aliphatic rings. The number of nitrogens with zero attached hydrogens (tertiary/aromatic N) is 1. The van der Waals surface area contributed by atoms with Crippen LogP contribution in [0.25, 0.3) is 0 Å². The van der Waals surface area contributed by atoms with Gasteiger partial charge in [0.15, 0.2) is 0 Å². The lowest BCUT2D eigenvalue weighted by molar-refractivity contribution is 0.00444. The summed E-state index contributed by atoms with van der Waals surface area (Å²) in [7, 11) is 0. The standard InChI is InChI=1S/C20H31NO4/c1-19(2,3)25-18(23)21-12-8-11-16(21)17(22)15-10-7-6-9-14(15)13-20(4,5)24/h6-7,9-10,16-17,22,24H,8,11-13H2,1-5H3. The molecule has 2 rings (SSSR count). The molecule has 1 heterocycles. The van der Waals surface area contributed by atoms with Crippen molar-refractivity contribution >= 4 is 6.09 Å². The first kappa shape index (κ1) is 19.7. The van der Waals surface area contributed by atoms with E-state index in [-0.39, 0.29) is 12.1 Å². The second-order valence-electron chi connectivity index (χ2n) is 8.52. The number of benzene rings is 1. The van der Waals surface area contributed by atoms with Crippen LogP contribution in [0.5, 0.6) is 0 Å². The van der Waals surface area contributed by atoms with Gasteiger partial charge in [-0.3, -0.25) is 0 Å². The van der Waals surface area contributed by atoms with Gasteiger partial charge in [0.1, 0.15) is 5.60 Å². The van der Waals surface area contributed by atoms with Crippen LogP contribution in [0.4, 0.5) is 4.79 Å². The quantitative estimate of drug-likeness (QED) is 0.874. The second-order valence-corrected chi connectivity index (χ2v) is 8.52. The van der Waals surface area contributed by atoms with E-state index in [0.29, 0.717) is 13.0 Å². The van der Waals surface area contributed by atoms with Crippen molar-refractivity contribution in [2.75, 3.05) is 6.54 Å². The molecule has 1 amide bonds. The summed E-state index contributed by atoms with van der Waals surface area (Å²) in [6.45, 7) is 9.60. The molecule has 140 valence electrons. The van der Waals surface area contributed by atoms with E-state index in [9.17, 15) is 15.0 Å². The molecular weight excluding hydrogens is 318 g/mol. The molecule has 5 nitrogen and oxygen atoms in total. The minimum atomic E-state index is -0.865. The molecule has 1 aromatic rings. The van der Waals surface area contributed by atoms with E-state index >= 15 is 0 Å². The van der Waals surface area contributed by atoms with Gasteiger partial charge >= 0.3 is 6.09 Å². The lowest BCUT2D eigenvalue weighted by atomic mass is 9.90. The molecule has 2 N–H and O–H groups in total. The Hall–Kier alpha value is -1.59. The van der Waals surface area contributed by atoms with Gasteiger partial charge in [0.05, 0.1) is 17.7 Å².